The zero-order valence-corrected chi connectivity index (χ0v) is 24.8. The van der Waals surface area contributed by atoms with Crippen molar-refractivity contribution in [1.29, 1.82) is 0 Å². The summed E-state index contributed by atoms with van der Waals surface area (Å²) >= 11 is 5.45. The van der Waals surface area contributed by atoms with Crippen molar-refractivity contribution in [2.45, 2.75) is 96.1 Å². The van der Waals surface area contributed by atoms with Gasteiger partial charge < -0.3 is 29.6 Å². The molecule has 234 valence electrons. The maximum atomic E-state index is 15.2. The number of rotatable bonds is 13. The van der Waals surface area contributed by atoms with Gasteiger partial charge in [0.05, 0.1) is 18.8 Å². The molecule has 1 aromatic heterocycles. The molecule has 13 nitrogen and oxygen atoms in total. The third kappa shape index (κ3) is 8.21. The van der Waals surface area contributed by atoms with E-state index in [1.165, 1.54) is 13.8 Å². The Balaban J connectivity index is 2.44. The van der Waals surface area contributed by atoms with Gasteiger partial charge in [-0.2, -0.15) is 13.8 Å². The minimum absolute atomic E-state index is 0.199. The molecule has 41 heavy (non-hydrogen) atoms. The number of ether oxygens (including phenoxy) is 3. The molecule has 2 heterocycles. The van der Waals surface area contributed by atoms with E-state index in [0.29, 0.717) is 0 Å². The van der Waals surface area contributed by atoms with Crippen molar-refractivity contribution in [3.05, 3.63) is 22.7 Å². The molecular weight excluding hydrogens is 601 g/mol. The Labute approximate surface area is 238 Å². The number of nitrogens with two attached hydrogens (primary N) is 1. The second kappa shape index (κ2) is 13.4. The van der Waals surface area contributed by atoms with Crippen LogP contribution in [0.15, 0.2) is 17.1 Å². The Morgan fingerprint density at radius 3 is 2.05 bits per heavy atom. The van der Waals surface area contributed by atoms with E-state index in [0.717, 1.165) is 12.3 Å². The van der Waals surface area contributed by atoms with Crippen LogP contribution in [-0.4, -0.2) is 81.5 Å². The molecule has 0 radical (unpaired) electrons. The molecule has 5 atom stereocenters. The molecule has 1 aromatic rings. The molecule has 0 bridgehead atoms. The molecule has 1 fully saturated rings. The van der Waals surface area contributed by atoms with Crippen molar-refractivity contribution in [2.24, 2.45) is 0 Å². The molecular formula is C22H34F4N5O8PS. The van der Waals surface area contributed by atoms with Gasteiger partial charge in [0.25, 0.3) is 6.43 Å². The summed E-state index contributed by atoms with van der Waals surface area (Å²) < 4.78 is 80.1. The predicted molar refractivity (Wildman–Crippen MR) is 141 cm³/mol. The number of aliphatic hydroxyl groups is 1. The van der Waals surface area contributed by atoms with Gasteiger partial charge in [-0.1, -0.05) is 0 Å². The van der Waals surface area contributed by atoms with E-state index in [9.17, 15) is 28.3 Å². The lowest BCUT2D eigenvalue weighted by atomic mass is 9.96. The second-order valence-corrected chi connectivity index (χ2v) is 13.3. The standard InChI is InChI=1S/C22H34F4N5O8PS/c1-10(2)37-15(32)12(5)29-40(41,30-13(6)16(33)38-11(3)4)36-9-21(18(23)24)17(34)22(25,26)19(39-21)31-8-7-14(27)28-20(31)35/h7-8,10-13,17-19,34H,9H2,1-6H3,(H2,27,28,35)(H2,29,30,41). The molecule has 5 unspecified atom stereocenters. The van der Waals surface area contributed by atoms with Gasteiger partial charge >= 0.3 is 23.6 Å². The first-order chi connectivity index (χ1) is 18.8. The average molecular weight is 636 g/mol. The van der Waals surface area contributed by atoms with Gasteiger partial charge in [0.1, 0.15) is 17.9 Å². The molecule has 19 heteroatoms. The van der Waals surface area contributed by atoms with Crippen LogP contribution >= 0.6 is 6.57 Å². The van der Waals surface area contributed by atoms with E-state index in [2.05, 4.69) is 15.2 Å². The summed E-state index contributed by atoms with van der Waals surface area (Å²) in [5.41, 5.74) is 0.588. The van der Waals surface area contributed by atoms with Crippen LogP contribution in [-0.2, 0) is 40.1 Å². The summed E-state index contributed by atoms with van der Waals surface area (Å²) in [4.78, 5) is 40.3. The topological polar surface area (TPSA) is 176 Å². The lowest BCUT2D eigenvalue weighted by molar-refractivity contribution is -0.191. The first-order valence-electron chi connectivity index (χ1n) is 12.3. The number of esters is 2. The van der Waals surface area contributed by atoms with Crippen LogP contribution in [0.5, 0.6) is 0 Å². The zero-order chi connectivity index (χ0) is 31.5. The number of hydrogen-bond donors (Lipinski definition) is 4. The fourth-order valence-corrected chi connectivity index (χ4v) is 6.54. The molecule has 0 spiro atoms. The van der Waals surface area contributed by atoms with E-state index in [1.54, 1.807) is 27.7 Å². The molecule has 2 rings (SSSR count). The van der Waals surface area contributed by atoms with Gasteiger partial charge in [0.2, 0.25) is 6.23 Å². The van der Waals surface area contributed by atoms with E-state index >= 15 is 8.78 Å². The number of alkyl halides is 4. The number of aliphatic hydroxyl groups excluding tert-OH is 1. The number of carbonyl (C=O) groups is 2. The fraction of sp³-hybridized carbons (Fsp3) is 0.727. The second-order valence-electron chi connectivity index (χ2n) is 9.84. The highest BCUT2D eigenvalue weighted by atomic mass is 32.4. The van der Waals surface area contributed by atoms with Crippen molar-refractivity contribution in [3.63, 3.8) is 0 Å². The number of anilines is 1. The molecule has 0 amide bonds. The van der Waals surface area contributed by atoms with Gasteiger partial charge in [-0.05, 0) is 59.4 Å². The van der Waals surface area contributed by atoms with Crippen molar-refractivity contribution in [3.8, 4) is 0 Å². The SMILES string of the molecule is CC(C)OC(=O)C(C)NP(=S)(NC(C)C(=O)OC(C)C)OCC1(C(F)F)OC(n2ccc(N)nc2=O)C(F)(F)C1O. The van der Waals surface area contributed by atoms with Gasteiger partial charge in [-0.3, -0.25) is 14.2 Å². The third-order valence-corrected chi connectivity index (χ3v) is 8.47. The van der Waals surface area contributed by atoms with Crippen LogP contribution in [0.4, 0.5) is 23.4 Å². The molecule has 5 N–H and O–H groups in total. The number of aromatic nitrogens is 2. The molecule has 0 saturated carbocycles. The molecule has 1 aliphatic heterocycles. The van der Waals surface area contributed by atoms with Crippen LogP contribution in [0, 0.1) is 0 Å². The van der Waals surface area contributed by atoms with Crippen LogP contribution in [0.1, 0.15) is 47.8 Å². The summed E-state index contributed by atoms with van der Waals surface area (Å²) in [6, 6.07) is -1.50. The Morgan fingerprint density at radius 2 is 1.63 bits per heavy atom. The number of halogens is 4. The van der Waals surface area contributed by atoms with Gasteiger partial charge in [0, 0.05) is 6.20 Å². The molecule has 0 aliphatic carbocycles. The summed E-state index contributed by atoms with van der Waals surface area (Å²) in [6.07, 6.45) is -10.1. The van der Waals surface area contributed by atoms with E-state index in [4.69, 9.17) is 36.3 Å². The van der Waals surface area contributed by atoms with Crippen molar-refractivity contribution in [2.75, 3.05) is 12.3 Å². The minimum atomic E-state index is -4.45. The Hall–Kier alpha value is -2.21. The smallest absolute Gasteiger partial charge is 0.351 e. The summed E-state index contributed by atoms with van der Waals surface area (Å²) in [6.45, 7) is 3.47. The van der Waals surface area contributed by atoms with Crippen molar-refractivity contribution in [1.82, 2.24) is 19.7 Å². The lowest BCUT2D eigenvalue weighted by Gasteiger charge is -2.35. The summed E-state index contributed by atoms with van der Waals surface area (Å²) in [5.74, 6) is -6.42. The quantitative estimate of drug-likeness (QED) is 0.139. The van der Waals surface area contributed by atoms with E-state index in [-0.39, 0.29) is 10.4 Å². The first-order valence-corrected chi connectivity index (χ1v) is 15.1. The van der Waals surface area contributed by atoms with Gasteiger partial charge in [0.15, 0.2) is 18.3 Å². The van der Waals surface area contributed by atoms with Gasteiger partial charge in [-0.15, -0.1) is 0 Å². The molecule has 1 saturated heterocycles. The Morgan fingerprint density at radius 1 is 1.15 bits per heavy atom. The Bertz CT molecular complexity index is 1170. The Kier molecular flexibility index (Phi) is 11.4. The number of nitrogens with zero attached hydrogens (tertiary/aromatic N) is 2. The minimum Gasteiger partial charge on any atom is -0.462 e. The summed E-state index contributed by atoms with van der Waals surface area (Å²) in [7, 11) is 0. The van der Waals surface area contributed by atoms with Crippen molar-refractivity contribution < 1.29 is 51.0 Å². The van der Waals surface area contributed by atoms with Crippen LogP contribution in [0.25, 0.3) is 0 Å². The first kappa shape index (κ1) is 35.0. The van der Waals surface area contributed by atoms with Crippen LogP contribution in [0.2, 0.25) is 0 Å². The lowest BCUT2D eigenvalue weighted by Crippen LogP contribution is -2.55. The molecule has 1 aliphatic rings. The predicted octanol–water partition coefficient (Wildman–Crippen LogP) is 1.45. The zero-order valence-electron chi connectivity index (χ0n) is 23.0. The number of carbonyl (C=O) groups excluding carboxylic acids is 2. The van der Waals surface area contributed by atoms with Gasteiger partial charge in [-0.25, -0.2) is 23.7 Å². The monoisotopic (exact) mass is 635 g/mol. The van der Waals surface area contributed by atoms with Crippen LogP contribution < -0.4 is 21.6 Å². The normalized spacial score (nSPS) is 25.2. The highest BCUT2D eigenvalue weighted by Crippen LogP contribution is 2.52. The van der Waals surface area contributed by atoms with E-state index in [1.807, 2.05) is 0 Å². The average Bonchev–Trinajstić information content (AvgIpc) is 3.03. The third-order valence-electron chi connectivity index (χ3n) is 5.57. The largest absolute Gasteiger partial charge is 0.462 e. The fourth-order valence-electron chi connectivity index (χ4n) is 3.59. The number of nitrogens with one attached hydrogen (secondary N) is 2. The number of hydrogen-bond acceptors (Lipinski definition) is 11. The highest BCUT2D eigenvalue weighted by molar-refractivity contribution is 8.10. The number of nitrogen functional groups attached to an aromatic ring is 1. The maximum Gasteiger partial charge on any atom is 0.351 e. The molecule has 0 aromatic carbocycles. The van der Waals surface area contributed by atoms with E-state index < -0.39 is 85.4 Å². The summed E-state index contributed by atoms with van der Waals surface area (Å²) in [5, 5.41) is 15.6. The highest BCUT2D eigenvalue weighted by Gasteiger charge is 2.71. The van der Waals surface area contributed by atoms with Crippen molar-refractivity contribution >= 4 is 36.1 Å². The van der Waals surface area contributed by atoms with Crippen LogP contribution in [0.3, 0.4) is 0 Å². The maximum absolute atomic E-state index is 15.2.